The molecule has 0 aliphatic heterocycles. The summed E-state index contributed by atoms with van der Waals surface area (Å²) >= 11 is 0. The summed E-state index contributed by atoms with van der Waals surface area (Å²) in [7, 11) is -0.293. The van der Waals surface area contributed by atoms with Crippen molar-refractivity contribution in [1.29, 1.82) is 0 Å². The second kappa shape index (κ2) is 11.9. The number of nitrogens with one attached hydrogen (secondary N) is 1. The van der Waals surface area contributed by atoms with E-state index in [0.29, 0.717) is 34.9 Å². The van der Waals surface area contributed by atoms with Gasteiger partial charge >= 0.3 is 16.3 Å². The van der Waals surface area contributed by atoms with Crippen molar-refractivity contribution in [2.24, 2.45) is 5.10 Å². The number of rotatable bonds is 10. The number of ether oxygens (including phenoxy) is 3. The molecule has 0 aromatic heterocycles. The summed E-state index contributed by atoms with van der Waals surface area (Å²) in [6.07, 6.45) is -4.16. The quantitative estimate of drug-likeness (QED) is 0.228. The van der Waals surface area contributed by atoms with Crippen LogP contribution in [-0.4, -0.2) is 41.9 Å². The Balaban J connectivity index is 1.85. The van der Waals surface area contributed by atoms with Gasteiger partial charge in [-0.2, -0.15) is 26.7 Å². The van der Waals surface area contributed by atoms with Gasteiger partial charge < -0.3 is 18.4 Å². The van der Waals surface area contributed by atoms with Gasteiger partial charge in [0.1, 0.15) is 10.6 Å². The lowest BCUT2D eigenvalue weighted by molar-refractivity contribution is -0.137. The summed E-state index contributed by atoms with van der Waals surface area (Å²) in [4.78, 5) is 11.9. The smallest absolute Gasteiger partial charge is 0.416 e. The largest absolute Gasteiger partial charge is 0.493 e. The third-order valence-corrected chi connectivity index (χ3v) is 6.36. The number of nitrogens with zero attached hydrogens (tertiary/aromatic N) is 1. The molecule has 3 aromatic rings. The molecule has 3 rings (SSSR count). The molecule has 0 radical (unpaired) electrons. The molecule has 0 aliphatic carbocycles. The molecule has 0 spiro atoms. The zero-order chi connectivity index (χ0) is 27.9. The van der Waals surface area contributed by atoms with Crippen LogP contribution in [-0.2, 0) is 27.5 Å². The van der Waals surface area contributed by atoms with E-state index in [9.17, 15) is 26.4 Å². The predicted octanol–water partition coefficient (Wildman–Crippen LogP) is 4.19. The van der Waals surface area contributed by atoms with Crippen LogP contribution in [0.4, 0.5) is 13.2 Å². The second-order valence-electron chi connectivity index (χ2n) is 7.60. The molecule has 0 saturated carbocycles. The number of hydrazone groups is 1. The van der Waals surface area contributed by atoms with Gasteiger partial charge in [0.25, 0.3) is 0 Å². The van der Waals surface area contributed by atoms with Crippen LogP contribution in [0.2, 0.25) is 0 Å². The highest BCUT2D eigenvalue weighted by atomic mass is 32.2. The fraction of sp³-hybridized carbons (Fsp3) is 0.200. The average molecular weight is 553 g/mol. The van der Waals surface area contributed by atoms with Crippen LogP contribution in [0.3, 0.4) is 0 Å². The second-order valence-corrected chi connectivity index (χ2v) is 9.12. The highest BCUT2D eigenvalue weighted by molar-refractivity contribution is 7.87. The maximum Gasteiger partial charge on any atom is 0.416 e. The minimum atomic E-state index is -4.75. The number of carbonyl (C=O) groups excluding carboxylic acids is 1. The molecule has 9 nitrogen and oxygen atoms in total. The Bertz CT molecular complexity index is 1400. The number of amides is 1. The van der Waals surface area contributed by atoms with Gasteiger partial charge in [0, 0.05) is 5.56 Å². The van der Waals surface area contributed by atoms with E-state index in [1.165, 1.54) is 45.6 Å². The summed E-state index contributed by atoms with van der Waals surface area (Å²) in [6.45, 7) is 0. The molecule has 1 N–H and O–H groups in total. The average Bonchev–Trinajstić information content (AvgIpc) is 2.87. The van der Waals surface area contributed by atoms with Gasteiger partial charge in [-0.1, -0.05) is 18.2 Å². The van der Waals surface area contributed by atoms with Gasteiger partial charge in [-0.15, -0.1) is 0 Å². The number of hydrogen-bond donors (Lipinski definition) is 1. The Hall–Kier alpha value is -4.26. The zero-order valence-electron chi connectivity index (χ0n) is 20.4. The van der Waals surface area contributed by atoms with Crippen molar-refractivity contribution in [3.63, 3.8) is 0 Å². The van der Waals surface area contributed by atoms with Gasteiger partial charge in [-0.25, -0.2) is 5.43 Å². The van der Waals surface area contributed by atoms with Crippen LogP contribution in [0.25, 0.3) is 0 Å². The monoisotopic (exact) mass is 552 g/mol. The summed E-state index contributed by atoms with van der Waals surface area (Å²) in [5, 5.41) is 3.66. The Morgan fingerprint density at radius 3 is 2.13 bits per heavy atom. The molecule has 38 heavy (non-hydrogen) atoms. The first-order chi connectivity index (χ1) is 18.0. The van der Waals surface area contributed by atoms with Crippen molar-refractivity contribution in [3.8, 4) is 23.0 Å². The molecule has 0 aliphatic rings. The van der Waals surface area contributed by atoms with Gasteiger partial charge in [-0.3, -0.25) is 4.79 Å². The first-order valence-electron chi connectivity index (χ1n) is 10.8. The lowest BCUT2D eigenvalue weighted by Gasteiger charge is -2.14. The Morgan fingerprint density at radius 2 is 1.58 bits per heavy atom. The molecule has 1 amide bonds. The molecule has 3 aromatic carbocycles. The predicted molar refractivity (Wildman–Crippen MR) is 131 cm³/mol. The topological polar surface area (TPSA) is 113 Å². The van der Waals surface area contributed by atoms with E-state index in [0.717, 1.165) is 12.3 Å². The molecule has 202 valence electrons. The van der Waals surface area contributed by atoms with Crippen molar-refractivity contribution >= 4 is 22.2 Å². The molecule has 0 atom stereocenters. The number of benzene rings is 3. The molecule has 13 heteroatoms. The molecule has 0 saturated heterocycles. The number of alkyl halides is 3. The maximum absolute atomic E-state index is 13.3. The van der Waals surface area contributed by atoms with E-state index < -0.39 is 38.2 Å². The fourth-order valence-corrected chi connectivity index (χ4v) is 4.43. The lowest BCUT2D eigenvalue weighted by Crippen LogP contribution is -2.20. The maximum atomic E-state index is 13.3. The summed E-state index contributed by atoms with van der Waals surface area (Å²) < 4.78 is 86.2. The summed E-state index contributed by atoms with van der Waals surface area (Å²) in [5.74, 6) is 0.278. The van der Waals surface area contributed by atoms with Crippen LogP contribution >= 0.6 is 0 Å². The molecule has 0 unspecified atom stereocenters. The van der Waals surface area contributed by atoms with E-state index in [2.05, 4.69) is 10.5 Å². The first kappa shape index (κ1) is 28.3. The Morgan fingerprint density at radius 1 is 0.947 bits per heavy atom. The SMILES string of the molecule is COc1cc(CC(=O)N/N=C/c2cc(C(F)(F)F)ccc2S(=O)(=O)Oc2ccccc2)cc(OC)c1OC. The van der Waals surface area contributed by atoms with Gasteiger partial charge in [-0.05, 0) is 48.0 Å². The van der Waals surface area contributed by atoms with Gasteiger partial charge in [0.05, 0.1) is 39.5 Å². The third kappa shape index (κ3) is 6.94. The van der Waals surface area contributed by atoms with E-state index >= 15 is 0 Å². The fourth-order valence-electron chi connectivity index (χ4n) is 3.34. The minimum Gasteiger partial charge on any atom is -0.493 e. The van der Waals surface area contributed by atoms with Gasteiger partial charge in [0.15, 0.2) is 11.5 Å². The highest BCUT2D eigenvalue weighted by Gasteiger charge is 2.32. The van der Waals surface area contributed by atoms with Crippen molar-refractivity contribution in [2.75, 3.05) is 21.3 Å². The van der Waals surface area contributed by atoms with E-state index in [4.69, 9.17) is 18.4 Å². The standard InChI is InChI=1S/C25H23F3N2O7S/c1-34-20-11-16(12-21(35-2)24(20)36-3)13-23(31)30-29-15-17-14-18(25(26,27)28)9-10-22(17)38(32,33)37-19-7-5-4-6-8-19/h4-12,14-15H,13H2,1-3H3,(H,30,31)/b29-15+. The number of hydrogen-bond acceptors (Lipinski definition) is 8. The van der Waals surface area contributed by atoms with E-state index in [1.807, 2.05) is 0 Å². The molecule has 0 heterocycles. The molecular formula is C25H23F3N2O7S. The lowest BCUT2D eigenvalue weighted by atomic mass is 10.1. The van der Waals surface area contributed by atoms with E-state index in [-0.39, 0.29) is 12.2 Å². The normalized spacial score (nSPS) is 11.7. The van der Waals surface area contributed by atoms with Crippen molar-refractivity contribution in [3.05, 3.63) is 77.4 Å². The molecule has 0 fully saturated rings. The number of carbonyl (C=O) groups is 1. The summed E-state index contributed by atoms with van der Waals surface area (Å²) in [5.41, 5.74) is 1.08. The molecule has 0 bridgehead atoms. The number of halogens is 3. The highest BCUT2D eigenvalue weighted by Crippen LogP contribution is 2.38. The van der Waals surface area contributed by atoms with Crippen LogP contribution in [0.15, 0.2) is 70.7 Å². The van der Waals surface area contributed by atoms with Gasteiger partial charge in [0.2, 0.25) is 11.7 Å². The first-order valence-corrected chi connectivity index (χ1v) is 12.2. The number of methoxy groups -OCH3 is 3. The Labute approximate surface area is 216 Å². The van der Waals surface area contributed by atoms with Crippen LogP contribution in [0, 0.1) is 0 Å². The van der Waals surface area contributed by atoms with Crippen molar-refractivity contribution in [2.45, 2.75) is 17.5 Å². The van der Waals surface area contributed by atoms with Crippen LogP contribution in [0.1, 0.15) is 16.7 Å². The van der Waals surface area contributed by atoms with Crippen LogP contribution in [0.5, 0.6) is 23.0 Å². The van der Waals surface area contributed by atoms with Crippen LogP contribution < -0.4 is 23.8 Å². The van der Waals surface area contributed by atoms with Crippen molar-refractivity contribution < 1.29 is 44.8 Å². The molecular weight excluding hydrogens is 529 g/mol. The number of para-hydroxylation sites is 1. The van der Waals surface area contributed by atoms with E-state index in [1.54, 1.807) is 18.2 Å². The van der Waals surface area contributed by atoms with Crippen molar-refractivity contribution in [1.82, 2.24) is 5.43 Å². The zero-order valence-corrected chi connectivity index (χ0v) is 21.2. The third-order valence-electron chi connectivity index (χ3n) is 5.04. The Kier molecular flexibility index (Phi) is 8.84. The summed E-state index contributed by atoms with van der Waals surface area (Å²) in [6, 6.07) is 12.5. The minimum absolute atomic E-state index is 0.0334.